The molecule has 0 amide bonds. The van der Waals surface area contributed by atoms with E-state index >= 15 is 0 Å². The Kier molecular flexibility index (Phi) is 3.19. The van der Waals surface area contributed by atoms with Crippen LogP contribution >= 0.6 is 0 Å². The molecular formula is C16H23N. The van der Waals surface area contributed by atoms with Gasteiger partial charge in [0, 0.05) is 6.04 Å². The van der Waals surface area contributed by atoms with Crippen molar-refractivity contribution in [2.24, 2.45) is 11.8 Å². The molecule has 3 rings (SSSR count). The van der Waals surface area contributed by atoms with Crippen molar-refractivity contribution in [2.75, 3.05) is 7.05 Å². The van der Waals surface area contributed by atoms with Gasteiger partial charge in [0.1, 0.15) is 0 Å². The van der Waals surface area contributed by atoms with Crippen molar-refractivity contribution < 1.29 is 0 Å². The minimum atomic E-state index is 0.751. The highest BCUT2D eigenvalue weighted by atomic mass is 14.9. The van der Waals surface area contributed by atoms with Gasteiger partial charge in [-0.15, -0.1) is 0 Å². The molecule has 2 aliphatic rings. The molecule has 0 bridgehead atoms. The van der Waals surface area contributed by atoms with Crippen LogP contribution in [-0.2, 0) is 0 Å². The van der Waals surface area contributed by atoms with Gasteiger partial charge in [-0.05, 0) is 49.6 Å². The second-order valence-electron chi connectivity index (χ2n) is 5.83. The highest BCUT2D eigenvalue weighted by Gasteiger charge is 2.43. The summed E-state index contributed by atoms with van der Waals surface area (Å²) < 4.78 is 0. The fraction of sp³-hybridized carbons (Fsp3) is 0.625. The van der Waals surface area contributed by atoms with E-state index in [9.17, 15) is 0 Å². The Balaban J connectivity index is 1.54. The molecule has 1 nitrogen and oxygen atoms in total. The molecule has 0 saturated heterocycles. The summed E-state index contributed by atoms with van der Waals surface area (Å²) in [7, 11) is 2.14. The maximum absolute atomic E-state index is 3.55. The topological polar surface area (TPSA) is 12.0 Å². The summed E-state index contributed by atoms with van der Waals surface area (Å²) in [6.45, 7) is 0. The molecule has 17 heavy (non-hydrogen) atoms. The summed E-state index contributed by atoms with van der Waals surface area (Å²) in [4.78, 5) is 0. The van der Waals surface area contributed by atoms with Crippen molar-refractivity contribution in [1.29, 1.82) is 0 Å². The summed E-state index contributed by atoms with van der Waals surface area (Å²) >= 11 is 0. The van der Waals surface area contributed by atoms with Gasteiger partial charge in [0.15, 0.2) is 0 Å². The first kappa shape index (κ1) is 11.3. The molecule has 1 aromatic carbocycles. The summed E-state index contributed by atoms with van der Waals surface area (Å²) in [5.41, 5.74) is 1.55. The summed E-state index contributed by atoms with van der Waals surface area (Å²) in [6.07, 6.45) is 7.20. The third-order valence-electron chi connectivity index (χ3n) is 4.54. The molecule has 1 heteroatoms. The lowest BCUT2D eigenvalue weighted by Gasteiger charge is -2.16. The molecule has 3 atom stereocenters. The lowest BCUT2D eigenvalue weighted by atomic mass is 10.0. The molecular weight excluding hydrogens is 206 g/mol. The van der Waals surface area contributed by atoms with Crippen LogP contribution in [0.4, 0.5) is 0 Å². The zero-order valence-corrected chi connectivity index (χ0v) is 10.7. The molecule has 92 valence electrons. The van der Waals surface area contributed by atoms with E-state index < -0.39 is 0 Å². The van der Waals surface area contributed by atoms with Crippen molar-refractivity contribution in [2.45, 2.75) is 44.1 Å². The van der Waals surface area contributed by atoms with E-state index in [1.165, 1.54) is 32.1 Å². The quantitative estimate of drug-likeness (QED) is 0.786. The van der Waals surface area contributed by atoms with Crippen molar-refractivity contribution in [1.82, 2.24) is 5.32 Å². The fourth-order valence-electron chi connectivity index (χ4n) is 3.14. The predicted octanol–water partition coefficient (Wildman–Crippen LogP) is 3.57. The van der Waals surface area contributed by atoms with Crippen LogP contribution in [0.3, 0.4) is 0 Å². The minimum absolute atomic E-state index is 0.751. The van der Waals surface area contributed by atoms with Crippen molar-refractivity contribution in [3.8, 4) is 0 Å². The molecule has 2 saturated carbocycles. The van der Waals surface area contributed by atoms with Crippen LogP contribution in [0.1, 0.15) is 43.6 Å². The third-order valence-corrected chi connectivity index (χ3v) is 4.54. The van der Waals surface area contributed by atoms with Gasteiger partial charge in [-0.25, -0.2) is 0 Å². The Morgan fingerprint density at radius 3 is 2.65 bits per heavy atom. The lowest BCUT2D eigenvalue weighted by molar-refractivity contribution is 0.437. The molecule has 0 spiro atoms. The van der Waals surface area contributed by atoms with Gasteiger partial charge in [-0.2, -0.15) is 0 Å². The van der Waals surface area contributed by atoms with Gasteiger partial charge in [-0.1, -0.05) is 43.2 Å². The Bertz CT molecular complexity index is 355. The Morgan fingerprint density at radius 2 is 2.00 bits per heavy atom. The van der Waals surface area contributed by atoms with Crippen LogP contribution in [0.5, 0.6) is 0 Å². The highest BCUT2D eigenvalue weighted by molar-refractivity contribution is 5.26. The maximum Gasteiger partial charge on any atom is 0.00984 e. The maximum atomic E-state index is 3.55. The van der Waals surface area contributed by atoms with Gasteiger partial charge in [0.25, 0.3) is 0 Å². The predicted molar refractivity (Wildman–Crippen MR) is 72.1 cm³/mol. The number of rotatable bonds is 6. The number of benzene rings is 1. The van der Waals surface area contributed by atoms with Gasteiger partial charge < -0.3 is 5.32 Å². The summed E-state index contributed by atoms with van der Waals surface area (Å²) in [6, 6.07) is 11.8. The van der Waals surface area contributed by atoms with Gasteiger partial charge >= 0.3 is 0 Å². The number of hydrogen-bond acceptors (Lipinski definition) is 1. The van der Waals surface area contributed by atoms with Crippen LogP contribution in [0.25, 0.3) is 0 Å². The second kappa shape index (κ2) is 4.81. The average molecular weight is 229 g/mol. The average Bonchev–Trinajstić information content (AvgIpc) is 3.26. The first-order valence-corrected chi connectivity index (χ1v) is 7.10. The van der Waals surface area contributed by atoms with E-state index in [0.717, 1.165) is 23.8 Å². The molecule has 3 unspecified atom stereocenters. The summed E-state index contributed by atoms with van der Waals surface area (Å²) in [5, 5.41) is 3.55. The normalized spacial score (nSPS) is 29.0. The van der Waals surface area contributed by atoms with Gasteiger partial charge in [-0.3, -0.25) is 0 Å². The third kappa shape index (κ3) is 2.71. The van der Waals surface area contributed by atoms with Crippen molar-refractivity contribution in [3.63, 3.8) is 0 Å². The van der Waals surface area contributed by atoms with E-state index in [-0.39, 0.29) is 0 Å². The second-order valence-corrected chi connectivity index (χ2v) is 5.83. The van der Waals surface area contributed by atoms with Crippen LogP contribution < -0.4 is 5.32 Å². The van der Waals surface area contributed by atoms with Crippen molar-refractivity contribution in [3.05, 3.63) is 35.9 Å². The van der Waals surface area contributed by atoms with E-state index in [1.54, 1.807) is 5.56 Å². The molecule has 0 heterocycles. The van der Waals surface area contributed by atoms with Crippen LogP contribution in [0.15, 0.2) is 30.3 Å². The molecule has 2 aliphatic carbocycles. The first-order valence-electron chi connectivity index (χ1n) is 7.10. The van der Waals surface area contributed by atoms with E-state index in [4.69, 9.17) is 0 Å². The molecule has 1 aromatic rings. The Morgan fingerprint density at radius 1 is 1.24 bits per heavy atom. The molecule has 0 radical (unpaired) electrons. The molecule has 2 fully saturated rings. The summed E-state index contributed by atoms with van der Waals surface area (Å²) in [5.74, 6) is 2.79. The van der Waals surface area contributed by atoms with Gasteiger partial charge in [0.05, 0.1) is 0 Å². The van der Waals surface area contributed by atoms with Crippen molar-refractivity contribution >= 4 is 0 Å². The molecule has 1 N–H and O–H groups in total. The monoisotopic (exact) mass is 229 g/mol. The molecule has 0 aliphatic heterocycles. The van der Waals surface area contributed by atoms with Crippen LogP contribution in [0.2, 0.25) is 0 Å². The minimum Gasteiger partial charge on any atom is -0.317 e. The zero-order chi connectivity index (χ0) is 11.7. The lowest BCUT2D eigenvalue weighted by Crippen LogP contribution is -2.28. The SMILES string of the molecule is CNC(CCC1CC1)C1CC1c1ccccc1. The zero-order valence-electron chi connectivity index (χ0n) is 10.7. The first-order chi connectivity index (χ1) is 8.38. The largest absolute Gasteiger partial charge is 0.317 e. The highest BCUT2D eigenvalue weighted by Crippen LogP contribution is 2.50. The fourth-order valence-corrected chi connectivity index (χ4v) is 3.14. The smallest absolute Gasteiger partial charge is 0.00984 e. The Hall–Kier alpha value is -0.820. The van der Waals surface area contributed by atoms with Crippen LogP contribution in [0, 0.1) is 11.8 Å². The van der Waals surface area contributed by atoms with E-state index in [1.807, 2.05) is 0 Å². The Labute approximate surface area is 105 Å². The van der Waals surface area contributed by atoms with E-state index in [2.05, 4.69) is 42.7 Å². The van der Waals surface area contributed by atoms with Gasteiger partial charge in [0.2, 0.25) is 0 Å². The molecule has 0 aromatic heterocycles. The van der Waals surface area contributed by atoms with E-state index in [0.29, 0.717) is 0 Å². The van der Waals surface area contributed by atoms with Crippen LogP contribution in [-0.4, -0.2) is 13.1 Å². The number of hydrogen-bond donors (Lipinski definition) is 1. The number of nitrogens with one attached hydrogen (secondary N) is 1. The standard InChI is InChI=1S/C16H23N/c1-17-16(10-9-12-7-8-12)15-11-14(15)13-5-3-2-4-6-13/h2-6,12,14-17H,7-11H2,1H3.